The lowest BCUT2D eigenvalue weighted by atomic mass is 10.1. The van der Waals surface area contributed by atoms with Crippen molar-refractivity contribution in [2.75, 3.05) is 13.1 Å². The van der Waals surface area contributed by atoms with E-state index in [0.717, 1.165) is 6.54 Å². The summed E-state index contributed by atoms with van der Waals surface area (Å²) < 4.78 is 26.3. The minimum atomic E-state index is -2.68. The number of aryl methyl sites for hydroxylation is 1. The molecule has 2 N–H and O–H groups in total. The van der Waals surface area contributed by atoms with Crippen LogP contribution in [0.3, 0.4) is 0 Å². The average Bonchev–Trinajstić information content (AvgIpc) is 2.73. The first-order valence-corrected chi connectivity index (χ1v) is 8.82. The van der Waals surface area contributed by atoms with E-state index in [4.69, 9.17) is 0 Å². The van der Waals surface area contributed by atoms with Crippen molar-refractivity contribution < 1.29 is 13.6 Å². The van der Waals surface area contributed by atoms with Crippen molar-refractivity contribution in [3.8, 4) is 0 Å². The number of aromatic nitrogens is 2. The second kappa shape index (κ2) is 10.7. The molecular weight excluding hydrogens is 350 g/mol. The van der Waals surface area contributed by atoms with Gasteiger partial charge in [-0.1, -0.05) is 25.7 Å². The van der Waals surface area contributed by atoms with Crippen LogP contribution in [0.15, 0.2) is 0 Å². The Morgan fingerprint density at radius 3 is 2.40 bits per heavy atom. The Hall–Kier alpha value is -1.21. The van der Waals surface area contributed by atoms with Crippen molar-refractivity contribution >= 4 is 18.3 Å². The first-order chi connectivity index (χ1) is 11.5. The van der Waals surface area contributed by atoms with Gasteiger partial charge in [0.05, 0.1) is 12.1 Å². The van der Waals surface area contributed by atoms with Crippen molar-refractivity contribution in [1.29, 1.82) is 0 Å². The van der Waals surface area contributed by atoms with Gasteiger partial charge < -0.3 is 10.6 Å². The van der Waals surface area contributed by atoms with E-state index in [1.807, 2.05) is 0 Å². The molecule has 0 aliphatic heterocycles. The van der Waals surface area contributed by atoms with Crippen LogP contribution in [0.2, 0.25) is 0 Å². The van der Waals surface area contributed by atoms with Crippen molar-refractivity contribution in [3.05, 3.63) is 17.0 Å². The zero-order chi connectivity index (χ0) is 17.5. The highest BCUT2D eigenvalue weighted by Crippen LogP contribution is 2.19. The van der Waals surface area contributed by atoms with Crippen LogP contribution in [-0.2, 0) is 11.2 Å². The lowest BCUT2D eigenvalue weighted by molar-refractivity contribution is -0.120. The number of rotatable bonds is 7. The first-order valence-electron chi connectivity index (χ1n) is 8.82. The third-order valence-corrected chi connectivity index (χ3v) is 4.73. The molecule has 2 rings (SSSR count). The molecule has 1 fully saturated rings. The molecule has 8 heteroatoms. The Morgan fingerprint density at radius 2 is 1.84 bits per heavy atom. The van der Waals surface area contributed by atoms with Crippen molar-refractivity contribution in [2.45, 2.75) is 71.4 Å². The van der Waals surface area contributed by atoms with Gasteiger partial charge in [0.2, 0.25) is 5.91 Å². The summed E-state index contributed by atoms with van der Waals surface area (Å²) in [6.07, 6.45) is 7.69. The zero-order valence-electron chi connectivity index (χ0n) is 15.0. The highest BCUT2D eigenvalue weighted by Gasteiger charge is 2.19. The largest absolute Gasteiger partial charge is 0.355 e. The lowest BCUT2D eigenvalue weighted by Crippen LogP contribution is -2.37. The summed E-state index contributed by atoms with van der Waals surface area (Å²) in [5.74, 6) is -0.155. The summed E-state index contributed by atoms with van der Waals surface area (Å²) in [4.78, 5) is 12.0. The molecule has 0 atom stereocenters. The molecule has 5 nitrogen and oxygen atoms in total. The molecule has 0 aromatic carbocycles. The number of nitrogens with one attached hydrogen (secondary N) is 2. The Bertz CT molecular complexity index is 543. The molecule has 1 aromatic heterocycles. The molecule has 0 unspecified atom stereocenters. The van der Waals surface area contributed by atoms with Crippen molar-refractivity contribution in [3.63, 3.8) is 0 Å². The molecule has 1 amide bonds. The van der Waals surface area contributed by atoms with Gasteiger partial charge in [-0.2, -0.15) is 13.9 Å². The summed E-state index contributed by atoms with van der Waals surface area (Å²) in [6.45, 7) is 1.84. The van der Waals surface area contributed by atoms with E-state index in [2.05, 4.69) is 15.7 Å². The maximum Gasteiger partial charge on any atom is 0.333 e. The Balaban J connectivity index is 0.00000312. The average molecular weight is 379 g/mol. The topological polar surface area (TPSA) is 59.0 Å². The van der Waals surface area contributed by atoms with Crippen molar-refractivity contribution in [2.24, 2.45) is 0 Å². The molecule has 144 valence electrons. The number of carbonyl (C=O) groups excluding carboxylic acids is 1. The maximum absolute atomic E-state index is 12.8. The van der Waals surface area contributed by atoms with E-state index in [1.54, 1.807) is 13.8 Å². The van der Waals surface area contributed by atoms with E-state index in [1.165, 1.54) is 38.5 Å². The second-order valence-electron chi connectivity index (χ2n) is 6.54. The quantitative estimate of drug-likeness (QED) is 0.565. The van der Waals surface area contributed by atoms with Crippen LogP contribution >= 0.6 is 12.4 Å². The summed E-state index contributed by atoms with van der Waals surface area (Å²) >= 11 is 0. The second-order valence-corrected chi connectivity index (χ2v) is 6.54. The van der Waals surface area contributed by atoms with Gasteiger partial charge >= 0.3 is 6.55 Å². The smallest absolute Gasteiger partial charge is 0.333 e. The van der Waals surface area contributed by atoms with Crippen LogP contribution in [0, 0.1) is 13.8 Å². The van der Waals surface area contributed by atoms with Gasteiger partial charge in [0, 0.05) is 30.4 Å². The number of hydrogen-bond donors (Lipinski definition) is 2. The fraction of sp³-hybridized carbons (Fsp3) is 0.765. The highest BCUT2D eigenvalue weighted by molar-refractivity contribution is 5.85. The van der Waals surface area contributed by atoms with Gasteiger partial charge in [0.25, 0.3) is 0 Å². The summed E-state index contributed by atoms with van der Waals surface area (Å²) in [5.41, 5.74) is 1.43. The van der Waals surface area contributed by atoms with Gasteiger partial charge in [0.15, 0.2) is 0 Å². The highest BCUT2D eigenvalue weighted by atomic mass is 35.5. The Labute approximate surface area is 154 Å². The first kappa shape index (κ1) is 21.8. The maximum atomic E-state index is 12.8. The Morgan fingerprint density at radius 1 is 1.20 bits per heavy atom. The molecule has 0 radical (unpaired) electrons. The van der Waals surface area contributed by atoms with Gasteiger partial charge in [0.1, 0.15) is 0 Å². The number of nitrogens with zero attached hydrogens (tertiary/aromatic N) is 2. The summed E-state index contributed by atoms with van der Waals surface area (Å²) in [7, 11) is 0. The summed E-state index contributed by atoms with van der Waals surface area (Å²) in [5, 5.41) is 10.1. The van der Waals surface area contributed by atoms with Gasteiger partial charge in [-0.25, -0.2) is 4.68 Å². The minimum absolute atomic E-state index is 0. The molecule has 1 aromatic rings. The molecule has 1 saturated carbocycles. The van der Waals surface area contributed by atoms with Gasteiger partial charge in [-0.05, 0) is 26.7 Å². The van der Waals surface area contributed by atoms with E-state index in [-0.39, 0.29) is 24.7 Å². The van der Waals surface area contributed by atoms with Crippen LogP contribution in [0.25, 0.3) is 0 Å². The predicted octanol–water partition coefficient (Wildman–Crippen LogP) is 3.29. The number of hydrogen-bond acceptors (Lipinski definition) is 3. The van der Waals surface area contributed by atoms with E-state index >= 15 is 0 Å². The van der Waals surface area contributed by atoms with E-state index in [0.29, 0.717) is 34.2 Å². The number of carbonyl (C=O) groups is 1. The van der Waals surface area contributed by atoms with E-state index < -0.39 is 6.55 Å². The molecular formula is C17H29ClF2N4O. The monoisotopic (exact) mass is 378 g/mol. The third-order valence-electron chi connectivity index (χ3n) is 4.73. The number of alkyl halides is 2. The molecule has 0 bridgehead atoms. The van der Waals surface area contributed by atoms with Gasteiger partial charge in [-0.3, -0.25) is 4.79 Å². The van der Waals surface area contributed by atoms with E-state index in [9.17, 15) is 13.6 Å². The Kier molecular flexibility index (Phi) is 9.35. The van der Waals surface area contributed by atoms with Gasteiger partial charge in [-0.15, -0.1) is 12.4 Å². The third kappa shape index (κ3) is 6.55. The normalized spacial score (nSPS) is 15.7. The van der Waals surface area contributed by atoms with Crippen LogP contribution in [0.1, 0.15) is 62.0 Å². The molecule has 1 heterocycles. The summed E-state index contributed by atoms with van der Waals surface area (Å²) in [6, 6.07) is 0.554. The minimum Gasteiger partial charge on any atom is -0.355 e. The SMILES string of the molecule is Cc1nn(C(F)F)c(C)c1CC(=O)NCCNC1CCCCCC1.Cl. The van der Waals surface area contributed by atoms with Crippen LogP contribution in [0.5, 0.6) is 0 Å². The molecule has 1 aliphatic carbocycles. The number of amides is 1. The zero-order valence-corrected chi connectivity index (χ0v) is 15.8. The lowest BCUT2D eigenvalue weighted by Gasteiger charge is -2.16. The number of halogens is 3. The molecule has 0 saturated heterocycles. The fourth-order valence-electron chi connectivity index (χ4n) is 3.33. The standard InChI is InChI=1S/C17H28F2N4O.ClH/c1-12-15(13(2)23(22-12)17(18)19)11-16(24)21-10-9-20-14-7-5-3-4-6-8-14;/h14,17,20H,3-11H2,1-2H3,(H,21,24);1H. The predicted molar refractivity (Wildman–Crippen MR) is 96.4 cm³/mol. The van der Waals surface area contributed by atoms with Crippen LogP contribution in [-0.4, -0.2) is 34.8 Å². The molecule has 1 aliphatic rings. The van der Waals surface area contributed by atoms with Crippen LogP contribution in [0.4, 0.5) is 8.78 Å². The molecule has 0 spiro atoms. The molecule has 25 heavy (non-hydrogen) atoms. The van der Waals surface area contributed by atoms with Crippen LogP contribution < -0.4 is 10.6 Å². The fourth-order valence-corrected chi connectivity index (χ4v) is 3.33. The van der Waals surface area contributed by atoms with Crippen molar-refractivity contribution in [1.82, 2.24) is 20.4 Å².